The molecule has 0 spiro atoms. The fourth-order valence-corrected chi connectivity index (χ4v) is 5.13. The second-order valence-electron chi connectivity index (χ2n) is 12.3. The van der Waals surface area contributed by atoms with Crippen molar-refractivity contribution in [3.05, 3.63) is 65.7 Å². The number of carbonyl (C=O) groups excluding carboxylic acids is 1. The number of nitrogens with zero attached hydrogens (tertiary/aromatic N) is 1. The zero-order chi connectivity index (χ0) is 29.1. The number of hydrogen-bond donors (Lipinski definition) is 0. The van der Waals surface area contributed by atoms with Gasteiger partial charge >= 0.3 is 5.97 Å². The minimum atomic E-state index is -0.556. The summed E-state index contributed by atoms with van der Waals surface area (Å²) in [6.07, 6.45) is 17.0. The summed E-state index contributed by atoms with van der Waals surface area (Å²) in [7, 11) is 4.42. The number of esters is 1. The van der Waals surface area contributed by atoms with Gasteiger partial charge in [-0.15, -0.1) is 0 Å². The highest BCUT2D eigenvalue weighted by Gasteiger charge is 2.24. The molecule has 40 heavy (non-hydrogen) atoms. The Morgan fingerprint density at radius 3 is 1.90 bits per heavy atom. The molecule has 0 aliphatic rings. The third-order valence-corrected chi connectivity index (χ3v) is 7.86. The maximum absolute atomic E-state index is 12.8. The largest absolute Gasteiger partial charge is 0.455 e. The number of ether oxygens (including phenoxy) is 2. The van der Waals surface area contributed by atoms with Gasteiger partial charge in [0.05, 0.1) is 26.6 Å². The van der Waals surface area contributed by atoms with Crippen LogP contribution in [0.4, 0.5) is 0 Å². The molecule has 0 radical (unpaired) electrons. The van der Waals surface area contributed by atoms with Crippen LogP contribution in [0.5, 0.6) is 5.75 Å². The van der Waals surface area contributed by atoms with E-state index in [9.17, 15) is 4.79 Å². The molecule has 0 aliphatic carbocycles. The highest BCUT2D eigenvalue weighted by molar-refractivity contribution is 5.72. The zero-order valence-corrected chi connectivity index (χ0v) is 26.3. The molecule has 2 aromatic carbocycles. The van der Waals surface area contributed by atoms with Crippen LogP contribution in [0, 0.1) is 5.92 Å². The molecule has 0 saturated heterocycles. The fourth-order valence-electron chi connectivity index (χ4n) is 5.13. The van der Waals surface area contributed by atoms with E-state index in [1.165, 1.54) is 81.8 Å². The van der Waals surface area contributed by atoms with E-state index in [0.717, 1.165) is 36.2 Å². The van der Waals surface area contributed by atoms with Crippen molar-refractivity contribution in [2.24, 2.45) is 5.92 Å². The molecular formula is C36H58NO3+. The molecule has 2 rings (SSSR count). The van der Waals surface area contributed by atoms with Crippen LogP contribution in [0.3, 0.4) is 0 Å². The Hall–Kier alpha value is -2.33. The van der Waals surface area contributed by atoms with Gasteiger partial charge in [0.25, 0.3) is 0 Å². The van der Waals surface area contributed by atoms with Gasteiger partial charge in [0.1, 0.15) is 12.3 Å². The maximum atomic E-state index is 12.8. The van der Waals surface area contributed by atoms with Crippen LogP contribution >= 0.6 is 0 Å². The van der Waals surface area contributed by atoms with Gasteiger partial charge in [0.2, 0.25) is 6.29 Å². The molecule has 224 valence electrons. The Bertz CT molecular complexity index is 909. The predicted octanol–water partition coefficient (Wildman–Crippen LogP) is 9.50. The number of quaternary nitrogens is 1. The molecule has 2 aromatic rings. The van der Waals surface area contributed by atoms with Gasteiger partial charge in [-0.05, 0) is 30.5 Å². The van der Waals surface area contributed by atoms with E-state index in [-0.39, 0.29) is 11.9 Å². The average molecular weight is 553 g/mol. The number of rotatable bonds is 22. The minimum Gasteiger partial charge on any atom is -0.455 e. The van der Waals surface area contributed by atoms with Gasteiger partial charge in [-0.2, -0.15) is 0 Å². The first-order valence-corrected chi connectivity index (χ1v) is 16.1. The maximum Gasteiger partial charge on any atom is 0.311 e. The summed E-state index contributed by atoms with van der Waals surface area (Å²) in [5.41, 5.74) is 2.66. The van der Waals surface area contributed by atoms with Crippen LogP contribution in [0.25, 0.3) is 0 Å². The summed E-state index contributed by atoms with van der Waals surface area (Å²) in [6.45, 7) is 8.08. The van der Waals surface area contributed by atoms with Gasteiger partial charge in [-0.3, -0.25) is 4.79 Å². The van der Waals surface area contributed by atoms with Gasteiger partial charge in [-0.25, -0.2) is 0 Å². The number of benzene rings is 2. The van der Waals surface area contributed by atoms with Crippen molar-refractivity contribution in [3.8, 4) is 5.75 Å². The lowest BCUT2D eigenvalue weighted by molar-refractivity contribution is -0.904. The quantitative estimate of drug-likeness (QED) is 0.0631. The van der Waals surface area contributed by atoms with Crippen molar-refractivity contribution in [1.82, 2.24) is 0 Å². The summed E-state index contributed by atoms with van der Waals surface area (Å²) in [5.74, 6) is 0.411. The fraction of sp³-hybridized carbons (Fsp3) is 0.639. The average Bonchev–Trinajstić information content (AvgIpc) is 2.95. The molecule has 2 atom stereocenters. The van der Waals surface area contributed by atoms with E-state index in [1.54, 1.807) is 0 Å². The summed E-state index contributed by atoms with van der Waals surface area (Å²) >= 11 is 0. The van der Waals surface area contributed by atoms with Gasteiger partial charge in [-0.1, -0.05) is 127 Å². The van der Waals surface area contributed by atoms with Gasteiger partial charge in [0.15, 0.2) is 0 Å². The second-order valence-corrected chi connectivity index (χ2v) is 12.3. The van der Waals surface area contributed by atoms with Crippen LogP contribution in [0.2, 0.25) is 0 Å². The lowest BCUT2D eigenvalue weighted by atomic mass is 10.0. The molecule has 0 aliphatic heterocycles. The molecule has 0 heterocycles. The standard InChI is InChI=1S/C36H58NO3/c1-6-8-9-10-11-12-13-14-15-16-18-21-32-24-26-34(27-25-32)39-35(7-2)40-36(38)31(3)28-29-37(4,5)30-33-22-19-17-20-23-33/h17,19-20,22-27,31,35H,6-16,18,21,28-30H2,1-5H3/q+1. The van der Waals surface area contributed by atoms with Crippen LogP contribution in [-0.4, -0.2) is 37.4 Å². The van der Waals surface area contributed by atoms with Crippen molar-refractivity contribution in [3.63, 3.8) is 0 Å². The van der Waals surface area contributed by atoms with E-state index in [0.29, 0.717) is 6.42 Å². The third-order valence-electron chi connectivity index (χ3n) is 7.86. The van der Waals surface area contributed by atoms with Gasteiger partial charge < -0.3 is 14.0 Å². The highest BCUT2D eigenvalue weighted by atomic mass is 16.7. The normalized spacial score (nSPS) is 13.1. The minimum absolute atomic E-state index is 0.168. The molecule has 0 N–H and O–H groups in total. The molecule has 0 amide bonds. The number of carbonyl (C=O) groups is 1. The Labute approximate surface area is 246 Å². The van der Waals surface area contributed by atoms with E-state index < -0.39 is 6.29 Å². The molecule has 2 unspecified atom stereocenters. The van der Waals surface area contributed by atoms with Crippen molar-refractivity contribution in [1.29, 1.82) is 0 Å². The Morgan fingerprint density at radius 1 is 0.750 bits per heavy atom. The Balaban J connectivity index is 1.63. The zero-order valence-electron chi connectivity index (χ0n) is 26.3. The second kappa shape index (κ2) is 19.7. The summed E-state index contributed by atoms with van der Waals surface area (Å²) in [4.78, 5) is 12.8. The molecule has 0 saturated carbocycles. The molecule has 0 fully saturated rings. The lowest BCUT2D eigenvalue weighted by Gasteiger charge is -2.31. The van der Waals surface area contributed by atoms with E-state index in [4.69, 9.17) is 9.47 Å². The first-order valence-electron chi connectivity index (χ1n) is 16.1. The number of aryl methyl sites for hydroxylation is 1. The first kappa shape index (κ1) is 33.9. The molecular weight excluding hydrogens is 494 g/mol. The summed E-state index contributed by atoms with van der Waals surface area (Å²) in [5, 5.41) is 0. The summed E-state index contributed by atoms with van der Waals surface area (Å²) in [6, 6.07) is 18.8. The summed E-state index contributed by atoms with van der Waals surface area (Å²) < 4.78 is 12.6. The van der Waals surface area contributed by atoms with Crippen LogP contribution < -0.4 is 4.74 Å². The van der Waals surface area contributed by atoms with Crippen LogP contribution in [-0.2, 0) is 22.5 Å². The van der Waals surface area contributed by atoms with E-state index in [2.05, 4.69) is 57.4 Å². The van der Waals surface area contributed by atoms with Crippen LogP contribution in [0.1, 0.15) is 115 Å². The monoisotopic (exact) mass is 552 g/mol. The SMILES string of the molecule is CCCCCCCCCCCCCc1ccc(OC(CC)OC(=O)C(C)CC[N+](C)(C)Cc2ccccc2)cc1. The molecule has 0 bridgehead atoms. The Morgan fingerprint density at radius 2 is 1.32 bits per heavy atom. The third kappa shape index (κ3) is 14.9. The van der Waals surface area contributed by atoms with E-state index >= 15 is 0 Å². The Kier molecular flexibility index (Phi) is 16.7. The van der Waals surface area contributed by atoms with Crippen molar-refractivity contribution in [2.45, 2.75) is 123 Å². The van der Waals surface area contributed by atoms with Crippen molar-refractivity contribution < 1.29 is 18.8 Å². The molecule has 0 aromatic heterocycles. The van der Waals surface area contributed by atoms with Gasteiger partial charge in [0, 0.05) is 18.4 Å². The van der Waals surface area contributed by atoms with Crippen molar-refractivity contribution >= 4 is 5.97 Å². The van der Waals surface area contributed by atoms with E-state index in [1.807, 2.05) is 32.0 Å². The number of hydrogen-bond acceptors (Lipinski definition) is 3. The van der Waals surface area contributed by atoms with Crippen LogP contribution in [0.15, 0.2) is 54.6 Å². The first-order chi connectivity index (χ1) is 19.3. The topological polar surface area (TPSA) is 35.5 Å². The highest BCUT2D eigenvalue weighted by Crippen LogP contribution is 2.20. The molecule has 4 nitrogen and oxygen atoms in total. The lowest BCUT2D eigenvalue weighted by Crippen LogP contribution is -2.41. The number of unbranched alkanes of at least 4 members (excludes halogenated alkanes) is 10. The van der Waals surface area contributed by atoms with Crippen molar-refractivity contribution in [2.75, 3.05) is 20.6 Å². The smallest absolute Gasteiger partial charge is 0.311 e. The predicted molar refractivity (Wildman–Crippen MR) is 168 cm³/mol. The molecule has 4 heteroatoms.